The first-order valence-corrected chi connectivity index (χ1v) is 5.90. The van der Waals surface area contributed by atoms with E-state index >= 15 is 0 Å². The summed E-state index contributed by atoms with van der Waals surface area (Å²) in [4.78, 5) is 26.1. The van der Waals surface area contributed by atoms with Crippen molar-refractivity contribution in [2.45, 2.75) is 18.9 Å². The topological polar surface area (TPSA) is 112 Å². The summed E-state index contributed by atoms with van der Waals surface area (Å²) in [5.74, 6) is -1.17. The van der Waals surface area contributed by atoms with Gasteiger partial charge in [0.1, 0.15) is 6.04 Å². The normalized spacial score (nSPS) is 11.6. The number of carbonyl (C=O) groups excluding carboxylic acids is 1. The van der Waals surface area contributed by atoms with Crippen LogP contribution < -0.4 is 10.6 Å². The second kappa shape index (κ2) is 8.04. The van der Waals surface area contributed by atoms with Crippen LogP contribution in [-0.2, 0) is 11.2 Å². The number of carboxylic acid groups (broad SMARTS) is 1. The van der Waals surface area contributed by atoms with Gasteiger partial charge in [0.15, 0.2) is 0 Å². The first kappa shape index (κ1) is 14.9. The number of amides is 2. The number of hydrogen-bond acceptors (Lipinski definition) is 4. The van der Waals surface area contributed by atoms with Crippen LogP contribution in [0.4, 0.5) is 4.79 Å². The Hall–Kier alpha value is -2.15. The van der Waals surface area contributed by atoms with Crippen molar-refractivity contribution in [1.29, 1.82) is 0 Å². The van der Waals surface area contributed by atoms with Crippen LogP contribution in [0.2, 0.25) is 0 Å². The monoisotopic (exact) mass is 267 g/mol. The van der Waals surface area contributed by atoms with Crippen molar-refractivity contribution in [2.75, 3.05) is 13.2 Å². The smallest absolute Gasteiger partial charge is 0.326 e. The highest BCUT2D eigenvalue weighted by Gasteiger charge is 2.18. The number of urea groups is 1. The third-order valence-electron chi connectivity index (χ3n) is 2.44. The Morgan fingerprint density at radius 1 is 1.42 bits per heavy atom. The van der Waals surface area contributed by atoms with Crippen LogP contribution >= 0.6 is 0 Å². The van der Waals surface area contributed by atoms with E-state index in [1.165, 1.54) is 0 Å². The second-order valence-electron chi connectivity index (χ2n) is 3.91. The highest BCUT2D eigenvalue weighted by Crippen LogP contribution is 1.95. The zero-order chi connectivity index (χ0) is 14.1. The minimum Gasteiger partial charge on any atom is -0.480 e. The van der Waals surface area contributed by atoms with E-state index in [1.54, 1.807) is 18.5 Å². The van der Waals surface area contributed by atoms with Crippen molar-refractivity contribution in [1.82, 2.24) is 15.6 Å². The van der Waals surface area contributed by atoms with Crippen LogP contribution in [0.15, 0.2) is 24.5 Å². The van der Waals surface area contributed by atoms with Gasteiger partial charge in [-0.15, -0.1) is 0 Å². The number of nitrogens with one attached hydrogen (secondary N) is 2. The highest BCUT2D eigenvalue weighted by molar-refractivity contribution is 5.82. The lowest BCUT2D eigenvalue weighted by Gasteiger charge is -2.13. The third-order valence-corrected chi connectivity index (χ3v) is 2.44. The number of aromatic nitrogens is 1. The summed E-state index contributed by atoms with van der Waals surface area (Å²) in [6.07, 6.45) is 3.95. The van der Waals surface area contributed by atoms with Crippen molar-refractivity contribution >= 4 is 12.0 Å². The molecule has 104 valence electrons. The van der Waals surface area contributed by atoms with Gasteiger partial charge in [-0.1, -0.05) is 6.07 Å². The van der Waals surface area contributed by atoms with Gasteiger partial charge in [0.25, 0.3) is 0 Å². The summed E-state index contributed by atoms with van der Waals surface area (Å²) in [7, 11) is 0. The first-order valence-electron chi connectivity index (χ1n) is 5.90. The molecule has 0 aliphatic heterocycles. The standard InChI is InChI=1S/C12H17N3O4/c16-7-4-10(11(17)18)15-12(19)14-6-3-9-2-1-5-13-8-9/h1-2,5,8,10,16H,3-4,6-7H2,(H,17,18)(H2,14,15,19)/t10-/m1/s1. The summed E-state index contributed by atoms with van der Waals surface area (Å²) in [6.45, 7) is 0.0793. The maximum absolute atomic E-state index is 11.4. The molecule has 0 saturated carbocycles. The number of carbonyl (C=O) groups is 2. The Kier molecular flexibility index (Phi) is 6.31. The number of carboxylic acids is 1. The molecule has 19 heavy (non-hydrogen) atoms. The van der Waals surface area contributed by atoms with Crippen LogP contribution in [-0.4, -0.2) is 46.4 Å². The quantitative estimate of drug-likeness (QED) is 0.544. The molecule has 1 atom stereocenters. The number of aliphatic hydroxyl groups excluding tert-OH is 1. The van der Waals surface area contributed by atoms with Crippen LogP contribution in [0.5, 0.6) is 0 Å². The van der Waals surface area contributed by atoms with Crippen LogP contribution in [0.1, 0.15) is 12.0 Å². The van der Waals surface area contributed by atoms with E-state index in [0.29, 0.717) is 13.0 Å². The van der Waals surface area contributed by atoms with Crippen molar-refractivity contribution in [3.05, 3.63) is 30.1 Å². The van der Waals surface area contributed by atoms with Gasteiger partial charge in [0, 0.05) is 32.0 Å². The maximum Gasteiger partial charge on any atom is 0.326 e. The third kappa shape index (κ3) is 5.82. The van der Waals surface area contributed by atoms with E-state index in [9.17, 15) is 9.59 Å². The summed E-state index contributed by atoms with van der Waals surface area (Å²) in [5.41, 5.74) is 0.980. The molecule has 0 spiro atoms. The Balaban J connectivity index is 2.29. The van der Waals surface area contributed by atoms with Gasteiger partial charge in [-0.2, -0.15) is 0 Å². The molecule has 7 nitrogen and oxygen atoms in total. The average molecular weight is 267 g/mol. The molecular weight excluding hydrogens is 250 g/mol. The predicted octanol–water partition coefficient (Wildman–Crippen LogP) is -0.241. The molecular formula is C12H17N3O4. The van der Waals surface area contributed by atoms with Crippen molar-refractivity contribution in [3.8, 4) is 0 Å². The molecule has 1 rings (SSSR count). The summed E-state index contributed by atoms with van der Waals surface area (Å²) in [6, 6.07) is 2.04. The van der Waals surface area contributed by atoms with Gasteiger partial charge in [-0.05, 0) is 18.1 Å². The van der Waals surface area contributed by atoms with E-state index in [1.807, 2.05) is 6.07 Å². The number of nitrogens with zero attached hydrogens (tertiary/aromatic N) is 1. The molecule has 0 bridgehead atoms. The molecule has 7 heteroatoms. The highest BCUT2D eigenvalue weighted by atomic mass is 16.4. The van der Waals surface area contributed by atoms with E-state index in [4.69, 9.17) is 10.2 Å². The Morgan fingerprint density at radius 3 is 2.79 bits per heavy atom. The zero-order valence-electron chi connectivity index (χ0n) is 10.4. The van der Waals surface area contributed by atoms with Crippen molar-refractivity contribution < 1.29 is 19.8 Å². The number of hydrogen-bond donors (Lipinski definition) is 4. The van der Waals surface area contributed by atoms with E-state index in [0.717, 1.165) is 5.56 Å². The van der Waals surface area contributed by atoms with Gasteiger partial charge in [-0.3, -0.25) is 4.98 Å². The fraction of sp³-hybridized carbons (Fsp3) is 0.417. The van der Waals surface area contributed by atoms with E-state index < -0.39 is 18.0 Å². The molecule has 0 aliphatic rings. The lowest BCUT2D eigenvalue weighted by atomic mass is 10.2. The molecule has 1 aromatic rings. The molecule has 2 amide bonds. The Labute approximate surface area is 110 Å². The predicted molar refractivity (Wildman–Crippen MR) is 67.6 cm³/mol. The van der Waals surface area contributed by atoms with Gasteiger partial charge in [0.2, 0.25) is 0 Å². The van der Waals surface area contributed by atoms with Gasteiger partial charge in [-0.25, -0.2) is 9.59 Å². The molecule has 0 fully saturated rings. The van der Waals surface area contributed by atoms with Gasteiger partial charge in [0.05, 0.1) is 0 Å². The number of rotatable bonds is 7. The lowest BCUT2D eigenvalue weighted by Crippen LogP contribution is -2.46. The Morgan fingerprint density at radius 2 is 2.21 bits per heavy atom. The largest absolute Gasteiger partial charge is 0.480 e. The summed E-state index contributed by atoms with van der Waals surface area (Å²) < 4.78 is 0. The fourth-order valence-corrected chi connectivity index (χ4v) is 1.46. The molecule has 0 aromatic carbocycles. The number of aliphatic carboxylic acids is 1. The zero-order valence-corrected chi connectivity index (χ0v) is 10.4. The van der Waals surface area contributed by atoms with Crippen LogP contribution in [0.25, 0.3) is 0 Å². The maximum atomic E-state index is 11.4. The SMILES string of the molecule is O=C(NCCc1cccnc1)N[C@H](CCO)C(=O)O. The second-order valence-corrected chi connectivity index (χ2v) is 3.91. The van der Waals surface area contributed by atoms with Gasteiger partial charge < -0.3 is 20.8 Å². The summed E-state index contributed by atoms with van der Waals surface area (Å²) >= 11 is 0. The molecule has 1 aromatic heterocycles. The molecule has 0 aliphatic carbocycles. The van der Waals surface area contributed by atoms with Crippen LogP contribution in [0.3, 0.4) is 0 Å². The lowest BCUT2D eigenvalue weighted by molar-refractivity contribution is -0.139. The molecule has 1 heterocycles. The Bertz CT molecular complexity index is 411. The number of pyridine rings is 1. The minimum atomic E-state index is -1.17. The van der Waals surface area contributed by atoms with Crippen LogP contribution in [0, 0.1) is 0 Å². The molecule has 4 N–H and O–H groups in total. The fourth-order valence-electron chi connectivity index (χ4n) is 1.46. The minimum absolute atomic E-state index is 0.0225. The molecule has 0 radical (unpaired) electrons. The molecule has 0 saturated heterocycles. The van der Waals surface area contributed by atoms with E-state index in [2.05, 4.69) is 15.6 Å². The first-order chi connectivity index (χ1) is 9.13. The number of aliphatic hydroxyl groups is 1. The van der Waals surface area contributed by atoms with Crippen molar-refractivity contribution in [3.63, 3.8) is 0 Å². The van der Waals surface area contributed by atoms with Crippen molar-refractivity contribution in [2.24, 2.45) is 0 Å². The average Bonchev–Trinajstić information content (AvgIpc) is 2.39. The molecule has 0 unspecified atom stereocenters. The van der Waals surface area contributed by atoms with Gasteiger partial charge >= 0.3 is 12.0 Å². The summed E-state index contributed by atoms with van der Waals surface area (Å²) in [5, 5.41) is 22.3. The van der Waals surface area contributed by atoms with E-state index in [-0.39, 0.29) is 13.0 Å².